The third kappa shape index (κ3) is 6.80. The van der Waals surface area contributed by atoms with Gasteiger partial charge in [0.15, 0.2) is 0 Å². The molecule has 0 saturated carbocycles. The fraction of sp³-hybridized carbons (Fsp3) is 0.778. The molecule has 3 N–H and O–H groups in total. The van der Waals surface area contributed by atoms with Crippen molar-refractivity contribution in [3.8, 4) is 0 Å². The highest BCUT2D eigenvalue weighted by Crippen LogP contribution is 1.88. The molecule has 1 amide bonds. The Kier molecular flexibility index (Phi) is 7.32. The maximum absolute atomic E-state index is 11.2. The highest BCUT2D eigenvalue weighted by molar-refractivity contribution is 7.80. The summed E-state index contributed by atoms with van der Waals surface area (Å²) < 4.78 is 5.17. The van der Waals surface area contributed by atoms with Crippen molar-refractivity contribution in [2.24, 2.45) is 5.73 Å². The highest BCUT2D eigenvalue weighted by Gasteiger charge is 2.08. The van der Waals surface area contributed by atoms with Gasteiger partial charge >= 0.3 is 0 Å². The van der Waals surface area contributed by atoms with Gasteiger partial charge in [-0.2, -0.15) is 0 Å². The number of carbonyl (C=O) groups excluding carboxylic acids is 1. The summed E-state index contributed by atoms with van der Waals surface area (Å²) in [4.78, 5) is 11.5. The number of ether oxygens (including phenoxy) is 1. The molecule has 0 aliphatic carbocycles. The van der Waals surface area contributed by atoms with E-state index in [0.717, 1.165) is 6.42 Å². The monoisotopic (exact) mass is 218 g/mol. The maximum Gasteiger partial charge on any atom is 0.222 e. The molecule has 0 radical (unpaired) electrons. The molecule has 0 heterocycles. The summed E-state index contributed by atoms with van der Waals surface area (Å²) >= 11 is 4.72. The van der Waals surface area contributed by atoms with Gasteiger partial charge in [0.25, 0.3) is 0 Å². The zero-order valence-corrected chi connectivity index (χ0v) is 9.52. The Morgan fingerprint density at radius 2 is 2.21 bits per heavy atom. The van der Waals surface area contributed by atoms with Crippen molar-refractivity contribution in [3.05, 3.63) is 0 Å². The second-order valence-corrected chi connectivity index (χ2v) is 3.53. The quantitative estimate of drug-likeness (QED) is 0.485. The van der Waals surface area contributed by atoms with Crippen LogP contribution in [0.3, 0.4) is 0 Å². The van der Waals surface area contributed by atoms with E-state index in [1.807, 2.05) is 6.92 Å². The molecule has 14 heavy (non-hydrogen) atoms. The Bertz CT molecular complexity index is 197. The molecule has 0 rings (SSSR count). The molecule has 5 heteroatoms. The van der Waals surface area contributed by atoms with Gasteiger partial charge < -0.3 is 15.8 Å². The van der Waals surface area contributed by atoms with Crippen LogP contribution in [-0.4, -0.2) is 30.2 Å². The number of amides is 1. The average Bonchev–Trinajstić information content (AvgIpc) is 2.12. The molecule has 0 aromatic carbocycles. The standard InChI is InChI=1S/C9H18N2O2S/c1-3-5-13-6-4-8(12)11-7(2)9(10)14/h7H,3-6H2,1-2H3,(H2,10,14)(H,11,12). The van der Waals surface area contributed by atoms with Crippen LogP contribution in [0.1, 0.15) is 26.7 Å². The number of nitrogens with two attached hydrogens (primary N) is 1. The Labute approximate surface area is 90.2 Å². The number of carbonyl (C=O) groups is 1. The molecule has 1 unspecified atom stereocenters. The van der Waals surface area contributed by atoms with Gasteiger partial charge in [0, 0.05) is 13.0 Å². The van der Waals surface area contributed by atoms with E-state index in [1.54, 1.807) is 6.92 Å². The molecule has 0 aromatic heterocycles. The summed E-state index contributed by atoms with van der Waals surface area (Å²) in [6.07, 6.45) is 1.32. The predicted octanol–water partition coefficient (Wildman–Crippen LogP) is 0.594. The lowest BCUT2D eigenvalue weighted by molar-refractivity contribution is -0.122. The third-order valence-corrected chi connectivity index (χ3v) is 1.98. The van der Waals surface area contributed by atoms with E-state index < -0.39 is 0 Å². The van der Waals surface area contributed by atoms with Gasteiger partial charge in [0.1, 0.15) is 0 Å². The van der Waals surface area contributed by atoms with Crippen molar-refractivity contribution in [2.45, 2.75) is 32.7 Å². The van der Waals surface area contributed by atoms with Crippen LogP contribution in [-0.2, 0) is 9.53 Å². The number of rotatable bonds is 7. The van der Waals surface area contributed by atoms with Crippen LogP contribution in [0.25, 0.3) is 0 Å². The number of hydrogen-bond donors (Lipinski definition) is 2. The lowest BCUT2D eigenvalue weighted by Crippen LogP contribution is -2.41. The van der Waals surface area contributed by atoms with Crippen LogP contribution < -0.4 is 11.1 Å². The van der Waals surface area contributed by atoms with Crippen molar-refractivity contribution in [1.82, 2.24) is 5.32 Å². The molecule has 4 nitrogen and oxygen atoms in total. The largest absolute Gasteiger partial charge is 0.392 e. The number of thiocarbonyl (C=S) groups is 1. The smallest absolute Gasteiger partial charge is 0.222 e. The fourth-order valence-corrected chi connectivity index (χ4v) is 0.855. The van der Waals surface area contributed by atoms with E-state index in [0.29, 0.717) is 24.6 Å². The van der Waals surface area contributed by atoms with Crippen LogP contribution >= 0.6 is 12.2 Å². The van der Waals surface area contributed by atoms with Gasteiger partial charge in [0.05, 0.1) is 17.6 Å². The predicted molar refractivity (Wildman–Crippen MR) is 60.1 cm³/mol. The van der Waals surface area contributed by atoms with Gasteiger partial charge in [-0.05, 0) is 13.3 Å². The molecular weight excluding hydrogens is 200 g/mol. The SMILES string of the molecule is CCCOCCC(=O)NC(C)C(N)=S. The van der Waals surface area contributed by atoms with E-state index in [9.17, 15) is 4.79 Å². The lowest BCUT2D eigenvalue weighted by Gasteiger charge is -2.11. The summed E-state index contributed by atoms with van der Waals surface area (Å²) in [5.74, 6) is -0.0820. The second-order valence-electron chi connectivity index (χ2n) is 3.05. The molecule has 0 saturated heterocycles. The Hall–Kier alpha value is -0.680. The van der Waals surface area contributed by atoms with Crippen molar-refractivity contribution in [3.63, 3.8) is 0 Å². The minimum absolute atomic E-state index is 0.0820. The van der Waals surface area contributed by atoms with Crippen LogP contribution in [0.15, 0.2) is 0 Å². The summed E-state index contributed by atoms with van der Waals surface area (Å²) in [6.45, 7) is 4.92. The Morgan fingerprint density at radius 1 is 1.57 bits per heavy atom. The van der Waals surface area contributed by atoms with E-state index >= 15 is 0 Å². The number of nitrogens with one attached hydrogen (secondary N) is 1. The van der Waals surface area contributed by atoms with E-state index in [4.69, 9.17) is 22.7 Å². The topological polar surface area (TPSA) is 64.3 Å². The van der Waals surface area contributed by atoms with E-state index in [-0.39, 0.29) is 11.9 Å². The number of hydrogen-bond acceptors (Lipinski definition) is 3. The Morgan fingerprint density at radius 3 is 2.71 bits per heavy atom. The molecule has 0 aliphatic rings. The summed E-state index contributed by atoms with van der Waals surface area (Å²) in [6, 6.07) is -0.247. The molecular formula is C9H18N2O2S. The molecule has 0 fully saturated rings. The molecule has 0 spiro atoms. The first-order chi connectivity index (χ1) is 6.57. The van der Waals surface area contributed by atoms with Crippen LogP contribution in [0.5, 0.6) is 0 Å². The van der Waals surface area contributed by atoms with Crippen molar-refractivity contribution in [1.29, 1.82) is 0 Å². The van der Waals surface area contributed by atoms with Crippen LogP contribution in [0, 0.1) is 0 Å². The normalized spacial score (nSPS) is 12.1. The molecule has 0 bridgehead atoms. The minimum Gasteiger partial charge on any atom is -0.392 e. The first kappa shape index (κ1) is 13.3. The minimum atomic E-state index is -0.247. The maximum atomic E-state index is 11.2. The molecule has 0 aliphatic heterocycles. The van der Waals surface area contributed by atoms with Gasteiger partial charge in [-0.3, -0.25) is 4.79 Å². The highest BCUT2D eigenvalue weighted by atomic mass is 32.1. The van der Waals surface area contributed by atoms with Gasteiger partial charge in [0.2, 0.25) is 5.91 Å². The molecule has 82 valence electrons. The zero-order chi connectivity index (χ0) is 11.0. The first-order valence-corrected chi connectivity index (χ1v) is 5.15. The molecule has 0 aromatic rings. The third-order valence-electron chi connectivity index (χ3n) is 1.63. The average molecular weight is 218 g/mol. The van der Waals surface area contributed by atoms with Gasteiger partial charge in [-0.1, -0.05) is 19.1 Å². The van der Waals surface area contributed by atoms with Gasteiger partial charge in [-0.25, -0.2) is 0 Å². The van der Waals surface area contributed by atoms with Crippen molar-refractivity contribution >= 4 is 23.1 Å². The summed E-state index contributed by atoms with van der Waals surface area (Å²) in [5.41, 5.74) is 5.35. The summed E-state index contributed by atoms with van der Waals surface area (Å²) in [5, 5.41) is 2.67. The zero-order valence-electron chi connectivity index (χ0n) is 8.71. The first-order valence-electron chi connectivity index (χ1n) is 4.74. The second kappa shape index (κ2) is 7.70. The summed E-state index contributed by atoms with van der Waals surface area (Å²) in [7, 11) is 0. The van der Waals surface area contributed by atoms with Crippen molar-refractivity contribution < 1.29 is 9.53 Å². The van der Waals surface area contributed by atoms with Crippen LogP contribution in [0.2, 0.25) is 0 Å². The van der Waals surface area contributed by atoms with E-state index in [2.05, 4.69) is 5.32 Å². The van der Waals surface area contributed by atoms with Gasteiger partial charge in [-0.15, -0.1) is 0 Å². The fourth-order valence-electron chi connectivity index (χ4n) is 0.796. The Balaban J connectivity index is 3.50. The lowest BCUT2D eigenvalue weighted by atomic mass is 10.3. The van der Waals surface area contributed by atoms with Crippen LogP contribution in [0.4, 0.5) is 0 Å². The van der Waals surface area contributed by atoms with E-state index in [1.165, 1.54) is 0 Å². The van der Waals surface area contributed by atoms with Crippen molar-refractivity contribution in [2.75, 3.05) is 13.2 Å². The molecule has 1 atom stereocenters.